The molecule has 0 bridgehead atoms. The number of benzene rings is 1. The Hall–Kier alpha value is -3.99. The van der Waals surface area contributed by atoms with Gasteiger partial charge in [-0.1, -0.05) is 23.8 Å². The number of hydrogen-bond donors (Lipinski definition) is 2. The highest BCUT2D eigenvalue weighted by atomic mass is 16.5. The van der Waals surface area contributed by atoms with Gasteiger partial charge in [0.15, 0.2) is 12.4 Å². The summed E-state index contributed by atoms with van der Waals surface area (Å²) in [5.74, 6) is 0.265. The summed E-state index contributed by atoms with van der Waals surface area (Å²) in [6, 6.07) is 6.66. The van der Waals surface area contributed by atoms with Gasteiger partial charge < -0.3 is 25.3 Å². The molecule has 3 heterocycles. The fraction of sp³-hybridized carbons (Fsp3) is 0.423. The van der Waals surface area contributed by atoms with E-state index in [0.29, 0.717) is 30.1 Å². The second kappa shape index (κ2) is 11.4. The van der Waals surface area contributed by atoms with Crippen LogP contribution in [0.4, 0.5) is 5.95 Å². The van der Waals surface area contributed by atoms with Gasteiger partial charge in [-0.2, -0.15) is 5.10 Å². The predicted molar refractivity (Wildman–Crippen MR) is 141 cm³/mol. The molecule has 3 N–H and O–H groups in total. The molecule has 1 unspecified atom stereocenters. The number of carbonyl (C=O) groups excluding carboxylic acids is 2. The number of piperidine rings is 1. The largest absolute Gasteiger partial charge is 0.483 e. The van der Waals surface area contributed by atoms with E-state index in [0.717, 1.165) is 29.6 Å². The molecule has 0 spiro atoms. The Morgan fingerprint density at radius 3 is 2.78 bits per heavy atom. The van der Waals surface area contributed by atoms with E-state index < -0.39 is 5.56 Å². The number of hydrogen-bond acceptors (Lipinski definition) is 8. The van der Waals surface area contributed by atoms with Crippen molar-refractivity contribution in [2.24, 2.45) is 5.73 Å². The van der Waals surface area contributed by atoms with Gasteiger partial charge >= 0.3 is 0 Å². The molecular weight excluding hydrogens is 474 g/mol. The molecule has 1 amide bonds. The Morgan fingerprint density at radius 1 is 1.27 bits per heavy atom. The number of ketones is 1. The van der Waals surface area contributed by atoms with Crippen molar-refractivity contribution in [2.75, 3.05) is 31.6 Å². The fourth-order valence-corrected chi connectivity index (χ4v) is 4.33. The second-order valence-electron chi connectivity index (χ2n) is 9.37. The van der Waals surface area contributed by atoms with Crippen LogP contribution in [0.2, 0.25) is 0 Å². The van der Waals surface area contributed by atoms with Crippen molar-refractivity contribution in [1.82, 2.24) is 24.6 Å². The lowest BCUT2D eigenvalue weighted by Gasteiger charge is -2.31. The number of nitrogens with one attached hydrogen (secondary N) is 1. The van der Waals surface area contributed by atoms with Crippen molar-refractivity contribution < 1.29 is 14.3 Å². The molecule has 1 aromatic carbocycles. The number of aromatic nitrogens is 4. The third-order valence-corrected chi connectivity index (χ3v) is 6.27. The Balaban J connectivity index is 1.69. The normalized spacial score (nSPS) is 15.5. The molecule has 196 valence electrons. The van der Waals surface area contributed by atoms with Gasteiger partial charge in [-0.15, -0.1) is 0 Å². The third kappa shape index (κ3) is 5.88. The highest BCUT2D eigenvalue weighted by Crippen LogP contribution is 2.24. The van der Waals surface area contributed by atoms with Crippen molar-refractivity contribution in [3.63, 3.8) is 0 Å². The van der Waals surface area contributed by atoms with E-state index >= 15 is 0 Å². The minimum atomic E-state index is -0.406. The number of allylic oxidation sites excluding steroid dienone is 2. The van der Waals surface area contributed by atoms with E-state index in [1.54, 1.807) is 24.3 Å². The van der Waals surface area contributed by atoms with E-state index in [-0.39, 0.29) is 42.2 Å². The first kappa shape index (κ1) is 26.1. The maximum absolute atomic E-state index is 13.6. The van der Waals surface area contributed by atoms with E-state index in [1.807, 2.05) is 24.5 Å². The van der Waals surface area contributed by atoms with Crippen LogP contribution in [0.3, 0.4) is 0 Å². The first-order valence-corrected chi connectivity index (χ1v) is 12.3. The SMILES string of the molecule is CNC(=O)COc1ccccc1C(=O)Cn1ncc2nc(N3CCCC(N)C3)n(CC=C(C)C)c2c1=O. The summed E-state index contributed by atoms with van der Waals surface area (Å²) in [6.45, 7) is 5.41. The van der Waals surface area contributed by atoms with Crippen LogP contribution in [0.25, 0.3) is 11.0 Å². The lowest BCUT2D eigenvalue weighted by atomic mass is 10.1. The van der Waals surface area contributed by atoms with Crippen LogP contribution in [0.15, 0.2) is 46.9 Å². The number of anilines is 1. The number of amides is 1. The van der Waals surface area contributed by atoms with E-state index in [2.05, 4.69) is 15.3 Å². The number of nitrogens with zero attached hydrogens (tertiary/aromatic N) is 5. The van der Waals surface area contributed by atoms with E-state index in [9.17, 15) is 14.4 Å². The molecule has 0 radical (unpaired) electrons. The van der Waals surface area contributed by atoms with Crippen LogP contribution >= 0.6 is 0 Å². The van der Waals surface area contributed by atoms with Gasteiger partial charge in [-0.05, 0) is 38.8 Å². The summed E-state index contributed by atoms with van der Waals surface area (Å²) in [5, 5.41) is 6.71. The summed E-state index contributed by atoms with van der Waals surface area (Å²) in [7, 11) is 1.50. The van der Waals surface area contributed by atoms with Gasteiger partial charge in [-0.3, -0.25) is 14.4 Å². The molecule has 3 aromatic rings. The third-order valence-electron chi connectivity index (χ3n) is 6.27. The maximum atomic E-state index is 13.6. The van der Waals surface area contributed by atoms with Crippen LogP contribution < -0.4 is 26.2 Å². The number of Topliss-reactive ketones (excluding diaryl/α,β-unsaturated/α-hetero) is 1. The molecule has 1 aliphatic rings. The Kier molecular flexibility index (Phi) is 8.02. The van der Waals surface area contributed by atoms with Crippen LogP contribution in [-0.2, 0) is 17.9 Å². The summed E-state index contributed by atoms with van der Waals surface area (Å²) in [5.41, 5.74) is 8.04. The predicted octanol–water partition coefficient (Wildman–Crippen LogP) is 1.49. The lowest BCUT2D eigenvalue weighted by Crippen LogP contribution is -2.44. The van der Waals surface area contributed by atoms with Crippen molar-refractivity contribution in [2.45, 2.75) is 45.8 Å². The number of ether oxygens (including phenoxy) is 1. The molecule has 2 aromatic heterocycles. The zero-order valence-corrected chi connectivity index (χ0v) is 21.4. The molecule has 1 aliphatic heterocycles. The standard InChI is InChI=1S/C26H33N7O4/c1-17(2)10-12-32-24-20(30-26(32)31-11-6-7-18(27)14-31)13-29-33(25(24)36)15-21(34)19-8-4-5-9-22(19)37-16-23(35)28-3/h4-5,8-10,13,18H,6-7,11-12,14-16,27H2,1-3H3,(H,28,35). The molecule has 37 heavy (non-hydrogen) atoms. The molecular formula is C26H33N7O4. The number of likely N-dealkylation sites (N-methyl/N-ethyl adjacent to an activating group) is 1. The maximum Gasteiger partial charge on any atom is 0.293 e. The van der Waals surface area contributed by atoms with Crippen LogP contribution in [0, 0.1) is 0 Å². The Bertz CT molecular complexity index is 1390. The zero-order chi connectivity index (χ0) is 26.5. The monoisotopic (exact) mass is 507 g/mol. The van der Waals surface area contributed by atoms with Crippen molar-refractivity contribution in [3.05, 3.63) is 58.0 Å². The zero-order valence-electron chi connectivity index (χ0n) is 21.4. The molecule has 1 fully saturated rings. The van der Waals surface area contributed by atoms with Gasteiger partial charge in [0.05, 0.1) is 11.8 Å². The topological polar surface area (TPSA) is 137 Å². The summed E-state index contributed by atoms with van der Waals surface area (Å²) < 4.78 is 8.55. The van der Waals surface area contributed by atoms with Gasteiger partial charge in [0.1, 0.15) is 23.3 Å². The van der Waals surface area contributed by atoms with Crippen molar-refractivity contribution in [1.29, 1.82) is 0 Å². The van der Waals surface area contributed by atoms with Crippen LogP contribution in [-0.4, -0.2) is 63.8 Å². The van der Waals surface area contributed by atoms with E-state index in [1.165, 1.54) is 13.2 Å². The second-order valence-corrected chi connectivity index (χ2v) is 9.37. The molecule has 0 saturated carbocycles. The highest BCUT2D eigenvalue weighted by molar-refractivity contribution is 5.98. The minimum absolute atomic E-state index is 0.0450. The van der Waals surface area contributed by atoms with Crippen LogP contribution in [0.1, 0.15) is 37.0 Å². The number of fused-ring (bicyclic) bond motifs is 1. The smallest absolute Gasteiger partial charge is 0.293 e. The minimum Gasteiger partial charge on any atom is -0.483 e. The first-order chi connectivity index (χ1) is 17.8. The quantitative estimate of drug-likeness (QED) is 0.328. The summed E-state index contributed by atoms with van der Waals surface area (Å²) >= 11 is 0. The number of para-hydroxylation sites is 1. The van der Waals surface area contributed by atoms with Gasteiger partial charge in [0.25, 0.3) is 11.5 Å². The number of rotatable bonds is 9. The highest BCUT2D eigenvalue weighted by Gasteiger charge is 2.25. The Labute approximate surface area is 214 Å². The number of nitrogens with two attached hydrogens (primary N) is 1. The summed E-state index contributed by atoms with van der Waals surface area (Å²) in [4.78, 5) is 45.2. The lowest BCUT2D eigenvalue weighted by molar-refractivity contribution is -0.122. The fourth-order valence-electron chi connectivity index (χ4n) is 4.33. The van der Waals surface area contributed by atoms with Gasteiger partial charge in [0.2, 0.25) is 5.95 Å². The first-order valence-electron chi connectivity index (χ1n) is 12.3. The van der Waals surface area contributed by atoms with Gasteiger partial charge in [0, 0.05) is 32.7 Å². The number of carbonyl (C=O) groups is 2. The van der Waals surface area contributed by atoms with Crippen molar-refractivity contribution >= 4 is 28.7 Å². The molecule has 1 atom stereocenters. The van der Waals surface area contributed by atoms with Gasteiger partial charge in [-0.25, -0.2) is 9.67 Å². The Morgan fingerprint density at radius 2 is 2.05 bits per heavy atom. The van der Waals surface area contributed by atoms with E-state index in [4.69, 9.17) is 15.5 Å². The molecule has 11 nitrogen and oxygen atoms in total. The molecule has 11 heteroatoms. The van der Waals surface area contributed by atoms with Crippen LogP contribution in [0.5, 0.6) is 5.75 Å². The summed E-state index contributed by atoms with van der Waals surface area (Å²) in [6.07, 6.45) is 5.45. The molecule has 0 aliphatic carbocycles. The molecule has 1 saturated heterocycles. The van der Waals surface area contributed by atoms with Crippen molar-refractivity contribution in [3.8, 4) is 5.75 Å². The number of imidazole rings is 1. The average Bonchev–Trinajstić information content (AvgIpc) is 3.27. The molecule has 4 rings (SSSR count). The average molecular weight is 508 g/mol.